The minimum absolute atomic E-state index is 0.384. The smallest absolute Gasteiger partial charge is 0.225 e. The Kier molecular flexibility index (Phi) is 1.85. The van der Waals surface area contributed by atoms with E-state index in [0.29, 0.717) is 17.9 Å². The van der Waals surface area contributed by atoms with Crippen molar-refractivity contribution in [2.24, 2.45) is 11.8 Å². The first kappa shape index (κ1) is 8.09. The summed E-state index contributed by atoms with van der Waals surface area (Å²) < 4.78 is 0. The van der Waals surface area contributed by atoms with E-state index in [4.69, 9.17) is 0 Å². The van der Waals surface area contributed by atoms with Gasteiger partial charge in [-0.2, -0.15) is 0 Å². The van der Waals surface area contributed by atoms with E-state index in [2.05, 4.69) is 6.92 Å². The Morgan fingerprint density at radius 3 is 2.33 bits per heavy atom. The summed E-state index contributed by atoms with van der Waals surface area (Å²) in [6, 6.07) is 0.484. The maximum absolute atomic E-state index is 11.6. The standard InChI is InChI=1S/C10H17NO/c1-7(8-3-4-8)11(2)10(12)9-5-6-9/h7-9H,3-6H2,1-2H3. The lowest BCUT2D eigenvalue weighted by atomic mass is 10.2. The van der Waals surface area contributed by atoms with Crippen molar-refractivity contribution in [1.82, 2.24) is 4.90 Å². The third-order valence-corrected chi connectivity index (χ3v) is 3.19. The Morgan fingerprint density at radius 2 is 1.92 bits per heavy atom. The summed E-state index contributed by atoms with van der Waals surface area (Å²) in [5, 5.41) is 0. The molecule has 2 rings (SSSR count). The van der Waals surface area contributed by atoms with Crippen LogP contribution >= 0.6 is 0 Å². The monoisotopic (exact) mass is 167 g/mol. The normalized spacial score (nSPS) is 25.2. The van der Waals surface area contributed by atoms with Crippen LogP contribution in [0.4, 0.5) is 0 Å². The zero-order chi connectivity index (χ0) is 8.72. The predicted octanol–water partition coefficient (Wildman–Crippen LogP) is 1.65. The summed E-state index contributed by atoms with van der Waals surface area (Å²) in [6.07, 6.45) is 4.90. The van der Waals surface area contributed by atoms with Crippen LogP contribution in [0.15, 0.2) is 0 Å². The first-order chi connectivity index (χ1) is 5.70. The summed E-state index contributed by atoms with van der Waals surface area (Å²) in [5.74, 6) is 1.57. The molecule has 0 bridgehead atoms. The number of carbonyl (C=O) groups excluding carboxylic acids is 1. The van der Waals surface area contributed by atoms with Gasteiger partial charge in [0.25, 0.3) is 0 Å². The molecule has 2 aliphatic carbocycles. The Morgan fingerprint density at radius 1 is 1.33 bits per heavy atom. The maximum Gasteiger partial charge on any atom is 0.225 e. The molecule has 0 heterocycles. The van der Waals surface area contributed by atoms with E-state index >= 15 is 0 Å². The molecule has 0 aromatic carbocycles. The largest absolute Gasteiger partial charge is 0.343 e. The van der Waals surface area contributed by atoms with Gasteiger partial charge < -0.3 is 4.90 Å². The SMILES string of the molecule is CC(C1CC1)N(C)C(=O)C1CC1. The highest BCUT2D eigenvalue weighted by Crippen LogP contribution is 2.37. The third kappa shape index (κ3) is 1.47. The van der Waals surface area contributed by atoms with Crippen molar-refractivity contribution in [2.75, 3.05) is 7.05 Å². The van der Waals surface area contributed by atoms with Crippen LogP contribution in [-0.2, 0) is 4.79 Å². The molecule has 2 saturated carbocycles. The lowest BCUT2D eigenvalue weighted by molar-refractivity contribution is -0.133. The molecule has 1 unspecified atom stereocenters. The molecule has 12 heavy (non-hydrogen) atoms. The van der Waals surface area contributed by atoms with Crippen molar-refractivity contribution in [2.45, 2.75) is 38.6 Å². The Balaban J connectivity index is 1.88. The first-order valence-corrected chi connectivity index (χ1v) is 4.97. The van der Waals surface area contributed by atoms with Crippen molar-refractivity contribution in [3.05, 3.63) is 0 Å². The summed E-state index contributed by atoms with van der Waals surface area (Å²) in [7, 11) is 1.96. The molecule has 0 spiro atoms. The van der Waals surface area contributed by atoms with Crippen LogP contribution in [-0.4, -0.2) is 23.9 Å². The molecule has 0 aromatic heterocycles. The quantitative estimate of drug-likeness (QED) is 0.626. The van der Waals surface area contributed by atoms with E-state index in [1.807, 2.05) is 11.9 Å². The van der Waals surface area contributed by atoms with Crippen LogP contribution in [0.25, 0.3) is 0 Å². The van der Waals surface area contributed by atoms with Crippen molar-refractivity contribution in [3.63, 3.8) is 0 Å². The molecular weight excluding hydrogens is 150 g/mol. The lowest BCUT2D eigenvalue weighted by Gasteiger charge is -2.24. The zero-order valence-electron chi connectivity index (χ0n) is 7.92. The molecule has 2 fully saturated rings. The van der Waals surface area contributed by atoms with Gasteiger partial charge in [-0.05, 0) is 38.5 Å². The minimum atomic E-state index is 0.384. The average molecular weight is 167 g/mol. The van der Waals surface area contributed by atoms with E-state index < -0.39 is 0 Å². The molecule has 0 aliphatic heterocycles. The Bertz CT molecular complexity index is 194. The summed E-state index contributed by atoms with van der Waals surface area (Å²) >= 11 is 0. The highest BCUT2D eigenvalue weighted by Gasteiger charge is 2.37. The van der Waals surface area contributed by atoms with E-state index in [9.17, 15) is 4.79 Å². The van der Waals surface area contributed by atoms with Gasteiger partial charge in [-0.3, -0.25) is 4.79 Å². The molecular formula is C10H17NO. The van der Waals surface area contributed by atoms with Gasteiger partial charge >= 0.3 is 0 Å². The van der Waals surface area contributed by atoms with Crippen molar-refractivity contribution in [1.29, 1.82) is 0 Å². The minimum Gasteiger partial charge on any atom is -0.343 e. The van der Waals surface area contributed by atoms with E-state index in [0.717, 1.165) is 18.8 Å². The number of rotatable bonds is 3. The molecule has 2 aliphatic rings. The van der Waals surface area contributed by atoms with E-state index in [-0.39, 0.29) is 0 Å². The molecule has 0 radical (unpaired) electrons. The van der Waals surface area contributed by atoms with Crippen LogP contribution in [0.3, 0.4) is 0 Å². The number of hydrogen-bond acceptors (Lipinski definition) is 1. The Hall–Kier alpha value is -0.530. The fourth-order valence-corrected chi connectivity index (χ4v) is 1.71. The summed E-state index contributed by atoms with van der Waals surface area (Å²) in [5.41, 5.74) is 0. The van der Waals surface area contributed by atoms with Crippen molar-refractivity contribution in [3.8, 4) is 0 Å². The van der Waals surface area contributed by atoms with E-state index in [1.165, 1.54) is 12.8 Å². The molecule has 1 amide bonds. The van der Waals surface area contributed by atoms with Crippen LogP contribution in [0.5, 0.6) is 0 Å². The number of nitrogens with zero attached hydrogens (tertiary/aromatic N) is 1. The molecule has 2 heteroatoms. The Labute approximate surface area is 73.9 Å². The van der Waals surface area contributed by atoms with Gasteiger partial charge in [-0.1, -0.05) is 0 Å². The van der Waals surface area contributed by atoms with Crippen molar-refractivity contribution >= 4 is 5.91 Å². The molecule has 0 aromatic rings. The van der Waals surface area contributed by atoms with Crippen LogP contribution in [0, 0.1) is 11.8 Å². The average Bonchev–Trinajstić information content (AvgIpc) is 2.90. The van der Waals surface area contributed by atoms with Gasteiger partial charge in [0.1, 0.15) is 0 Å². The number of hydrogen-bond donors (Lipinski definition) is 0. The van der Waals surface area contributed by atoms with Crippen molar-refractivity contribution < 1.29 is 4.79 Å². The fraction of sp³-hybridized carbons (Fsp3) is 0.900. The highest BCUT2D eigenvalue weighted by molar-refractivity contribution is 5.81. The van der Waals surface area contributed by atoms with Crippen LogP contribution in [0.2, 0.25) is 0 Å². The van der Waals surface area contributed by atoms with Gasteiger partial charge in [0.15, 0.2) is 0 Å². The predicted molar refractivity (Wildman–Crippen MR) is 47.7 cm³/mol. The van der Waals surface area contributed by atoms with Crippen LogP contribution in [0.1, 0.15) is 32.6 Å². The van der Waals surface area contributed by atoms with Gasteiger partial charge in [-0.15, -0.1) is 0 Å². The topological polar surface area (TPSA) is 20.3 Å². The summed E-state index contributed by atoms with van der Waals surface area (Å²) in [4.78, 5) is 13.6. The zero-order valence-corrected chi connectivity index (χ0v) is 7.92. The van der Waals surface area contributed by atoms with Gasteiger partial charge in [0.05, 0.1) is 0 Å². The lowest BCUT2D eigenvalue weighted by Crippen LogP contribution is -2.37. The second-order valence-electron chi connectivity index (χ2n) is 4.30. The molecule has 68 valence electrons. The molecule has 0 saturated heterocycles. The first-order valence-electron chi connectivity index (χ1n) is 4.97. The number of carbonyl (C=O) groups is 1. The van der Waals surface area contributed by atoms with E-state index in [1.54, 1.807) is 0 Å². The third-order valence-electron chi connectivity index (χ3n) is 3.19. The molecule has 0 N–H and O–H groups in total. The van der Waals surface area contributed by atoms with Gasteiger partial charge in [-0.25, -0.2) is 0 Å². The second-order valence-corrected chi connectivity index (χ2v) is 4.30. The fourth-order valence-electron chi connectivity index (χ4n) is 1.71. The molecule has 1 atom stereocenters. The van der Waals surface area contributed by atoms with Crippen LogP contribution < -0.4 is 0 Å². The van der Waals surface area contributed by atoms with Gasteiger partial charge in [0.2, 0.25) is 5.91 Å². The second kappa shape index (κ2) is 2.75. The maximum atomic E-state index is 11.6. The number of amides is 1. The van der Waals surface area contributed by atoms with Gasteiger partial charge in [0, 0.05) is 19.0 Å². The summed E-state index contributed by atoms with van der Waals surface area (Å²) in [6.45, 7) is 2.18. The molecule has 2 nitrogen and oxygen atoms in total. The highest BCUT2D eigenvalue weighted by atomic mass is 16.2.